The van der Waals surface area contributed by atoms with E-state index in [0.29, 0.717) is 55.9 Å². The third-order valence-corrected chi connectivity index (χ3v) is 25.5. The zero-order valence-corrected chi connectivity index (χ0v) is 93.7. The Balaban J connectivity index is 0.000000122. The van der Waals surface area contributed by atoms with Gasteiger partial charge in [0, 0.05) is 135 Å². The molecule has 5 aliphatic heterocycles. The number of benzene rings is 14. The van der Waals surface area contributed by atoms with Crippen LogP contribution >= 0.6 is 0 Å². The number of anilines is 3. The van der Waals surface area contributed by atoms with Gasteiger partial charge < -0.3 is 48.7 Å². The summed E-state index contributed by atoms with van der Waals surface area (Å²) in [5, 5.41) is 8.28. The van der Waals surface area contributed by atoms with Crippen molar-refractivity contribution in [1.29, 1.82) is 0 Å². The molecule has 0 saturated heterocycles. The summed E-state index contributed by atoms with van der Waals surface area (Å²) in [6, 6.07) is 139. The van der Waals surface area contributed by atoms with Crippen molar-refractivity contribution >= 4 is 93.4 Å². The van der Waals surface area contributed by atoms with E-state index < -0.39 is 0 Å². The van der Waals surface area contributed by atoms with Crippen molar-refractivity contribution in [2.45, 2.75) is 108 Å². The van der Waals surface area contributed by atoms with E-state index >= 15 is 0 Å². The molecule has 14 aromatic carbocycles. The molecule has 749 valence electrons. The van der Waals surface area contributed by atoms with Gasteiger partial charge in [-0.15, -0.1) is 196 Å². The molecule has 149 heavy (non-hydrogen) atoms. The minimum Gasteiger partial charge on any atom is -0.506 e. The van der Waals surface area contributed by atoms with Crippen LogP contribution in [-0.2, 0) is 133 Å². The maximum atomic E-state index is 5.94. The van der Waals surface area contributed by atoms with Gasteiger partial charge in [-0.3, -0.25) is 24.9 Å². The standard InChI is InChI=1S/4C20H18NO.C14H12N2.C13H8N.C12H8N3.C11H8N.4Ir/c4*1-13(2)10-14-7-5-9-18-17(14)11-19-20(21-18)16-8-4-3-6-15(16)12-22-19;1-15-11-16(12-7-3-2-4-8-12)14-10-6-5-9-13(14)15;1-2-6-12-10(4-1)7-8-11-5-3-9-14-13(11)12;1-2-6-10-9(5-1)14-12(15-10)11-7-3-4-8-13-11;1-2-6-10(7-3-1)11-8-4-5-9-12-11;;;;/h4*3-7,9,11,13H,10,12H2,1-2H3;2-7,9-11H,1H3;1-5,7-9H;1-8H;1-6,8-9H;;;;/q4*-1;-2;3*-1;;;;+3. The second-order valence-corrected chi connectivity index (χ2v) is 38.0. The van der Waals surface area contributed by atoms with E-state index in [1.165, 1.54) is 65.9 Å². The van der Waals surface area contributed by atoms with Crippen molar-refractivity contribution in [3.8, 4) is 90.8 Å². The summed E-state index contributed by atoms with van der Waals surface area (Å²) in [5.74, 6) is 6.67. The molecule has 0 spiro atoms. The Kier molecular flexibility index (Phi) is 36.4. The molecule has 0 N–H and O–H groups in total. The molecule has 0 bridgehead atoms. The molecule has 0 fully saturated rings. The molecule has 0 aliphatic carbocycles. The van der Waals surface area contributed by atoms with Gasteiger partial charge in [0.1, 0.15) is 23.0 Å². The first-order valence-electron chi connectivity index (χ1n) is 49.6. The van der Waals surface area contributed by atoms with E-state index in [1.54, 1.807) is 12.4 Å². The molecular formula is C130H108Ir4N11O4-6. The third-order valence-electron chi connectivity index (χ3n) is 25.5. The third kappa shape index (κ3) is 25.3. The van der Waals surface area contributed by atoms with Crippen LogP contribution in [-0.4, -0.2) is 46.9 Å². The van der Waals surface area contributed by atoms with E-state index in [0.717, 1.165) is 183 Å². The maximum absolute atomic E-state index is 5.94. The molecule has 19 heteroatoms. The molecule has 13 heterocycles. The number of imidazole rings is 1. The number of hydrogen-bond acceptors (Lipinski definition) is 14. The van der Waals surface area contributed by atoms with Crippen molar-refractivity contribution in [2.24, 2.45) is 23.7 Å². The zero-order valence-electron chi connectivity index (χ0n) is 84.1. The van der Waals surface area contributed by atoms with Gasteiger partial charge in [-0.05, 0) is 197 Å². The normalized spacial score (nSPS) is 12.0. The Morgan fingerprint density at radius 3 is 1.11 bits per heavy atom. The summed E-state index contributed by atoms with van der Waals surface area (Å²) in [5.41, 5.74) is 31.2. The predicted octanol–water partition coefficient (Wildman–Crippen LogP) is 30.3. The van der Waals surface area contributed by atoms with Crippen molar-refractivity contribution in [2.75, 3.05) is 16.8 Å². The van der Waals surface area contributed by atoms with Gasteiger partial charge in [0.2, 0.25) is 0 Å². The van der Waals surface area contributed by atoms with Crippen molar-refractivity contribution in [3.63, 3.8) is 0 Å². The van der Waals surface area contributed by atoms with Crippen LogP contribution in [0.5, 0.6) is 23.0 Å². The van der Waals surface area contributed by atoms with Gasteiger partial charge in [0.25, 0.3) is 0 Å². The molecular weight excluding hydrogens is 2550 g/mol. The van der Waals surface area contributed by atoms with Gasteiger partial charge in [-0.2, -0.15) is 37.0 Å². The fraction of sp³-hybridized carbons (Fsp3) is 0.162. The number of ether oxygens (including phenoxy) is 4. The van der Waals surface area contributed by atoms with Crippen LogP contribution in [0.4, 0.5) is 17.1 Å². The first kappa shape index (κ1) is 107. The van der Waals surface area contributed by atoms with Gasteiger partial charge in [0.05, 0.1) is 54.2 Å². The summed E-state index contributed by atoms with van der Waals surface area (Å²) < 4.78 is 23.7. The number of pyridine rings is 7. The maximum Gasteiger partial charge on any atom is 3.00 e. The molecule has 22 aromatic rings. The van der Waals surface area contributed by atoms with Crippen LogP contribution in [0, 0.1) is 72.8 Å². The first-order chi connectivity index (χ1) is 71.1. The van der Waals surface area contributed by atoms with Crippen LogP contribution in [0.2, 0.25) is 0 Å². The summed E-state index contributed by atoms with van der Waals surface area (Å²) in [6.07, 6.45) is 9.58. The molecule has 15 nitrogen and oxygen atoms in total. The predicted molar refractivity (Wildman–Crippen MR) is 587 cm³/mol. The minimum absolute atomic E-state index is 0. The fourth-order valence-corrected chi connectivity index (χ4v) is 18.8. The van der Waals surface area contributed by atoms with Crippen LogP contribution in [0.3, 0.4) is 0 Å². The Morgan fingerprint density at radius 2 is 0.691 bits per heavy atom. The fourth-order valence-electron chi connectivity index (χ4n) is 18.8. The zero-order chi connectivity index (χ0) is 99.1. The molecule has 0 saturated carbocycles. The van der Waals surface area contributed by atoms with Gasteiger partial charge >= 0.3 is 20.1 Å². The Bertz CT molecular complexity index is 7630. The minimum atomic E-state index is 0. The average Bonchev–Trinajstić information content (AvgIpc) is 1.75. The molecule has 0 amide bonds. The molecule has 0 atom stereocenters. The first-order valence-corrected chi connectivity index (χ1v) is 49.6. The number of rotatable bonds is 11. The van der Waals surface area contributed by atoms with Gasteiger partial charge in [-0.1, -0.05) is 199 Å². The molecule has 8 aromatic heterocycles. The molecule has 27 rings (SSSR count). The van der Waals surface area contributed by atoms with E-state index in [-0.39, 0.29) is 80.4 Å². The quantitative estimate of drug-likeness (QED) is 0.0888. The van der Waals surface area contributed by atoms with Gasteiger partial charge in [0.15, 0.2) is 0 Å². The van der Waals surface area contributed by atoms with E-state index in [9.17, 15) is 0 Å². The summed E-state index contributed by atoms with van der Waals surface area (Å²) in [4.78, 5) is 45.4. The van der Waals surface area contributed by atoms with Crippen LogP contribution in [0.1, 0.15) is 99.9 Å². The average molecular weight is 2660 g/mol. The topological polar surface area (TPSA) is 161 Å². The van der Waals surface area contributed by atoms with Gasteiger partial charge in [-0.25, -0.2) is 0 Å². The largest absolute Gasteiger partial charge is 3.00 e. The van der Waals surface area contributed by atoms with Crippen LogP contribution in [0.25, 0.3) is 144 Å². The van der Waals surface area contributed by atoms with Crippen LogP contribution < -0.4 is 33.7 Å². The SMILES string of the molecule is CC(C)Cc1cccc2nc3c(cc12)OCc1ccc[c-]c1-3.CC(C)Cc1cccc2nc3c(cc12)OCc1ccc[c-]c1-3.CC(C)Cc1cccc2nc3c(cc12)OCc1ccc[c-]c1-3.CC(C)Cc1cccc2nc3c(cc12)OCc1ccc[c-]c1-3.CN1[CH-]N(c2[c-]cccc2)c2ccccc21.[Ir+3].[Ir].[Ir].[Ir].[c-]1cccc2ccc3cccnc3c12.[c-]1ccccc1-c1ccccn1.c1ccc(-c2nc3ccccc3[n-]2)nc1. The number of hydrogen-bond donors (Lipinski definition) is 0. The smallest absolute Gasteiger partial charge is 0.506 e. The Hall–Kier alpha value is -14.4. The summed E-state index contributed by atoms with van der Waals surface area (Å²) >= 11 is 0. The monoisotopic (exact) mass is 2660 g/mol. The number of fused-ring (bicyclic) bond motifs is 21. The second kappa shape index (κ2) is 50.5. The molecule has 3 radical (unpaired) electrons. The van der Waals surface area contributed by atoms with E-state index in [2.05, 4.69) is 322 Å². The van der Waals surface area contributed by atoms with Crippen molar-refractivity contribution in [3.05, 3.63) is 458 Å². The van der Waals surface area contributed by atoms with E-state index in [4.69, 9.17) is 38.9 Å². The van der Waals surface area contributed by atoms with Crippen molar-refractivity contribution < 1.29 is 99.4 Å². The number of aromatic nitrogens is 9. The Morgan fingerprint density at radius 1 is 0.322 bits per heavy atom. The molecule has 5 aliphatic rings. The summed E-state index contributed by atoms with van der Waals surface area (Å²) in [6.45, 7) is 22.4. The second-order valence-electron chi connectivity index (χ2n) is 38.0. The molecule has 0 unspecified atom stereocenters. The number of nitrogens with zero attached hydrogens (tertiary/aromatic N) is 11. The van der Waals surface area contributed by atoms with E-state index in [1.807, 2.05) is 176 Å². The summed E-state index contributed by atoms with van der Waals surface area (Å²) in [7, 11) is 2.06. The Labute approximate surface area is 926 Å². The number of para-hydroxylation sites is 5. The van der Waals surface area contributed by atoms with Crippen LogP contribution in [0.15, 0.2) is 364 Å². The van der Waals surface area contributed by atoms with Crippen molar-refractivity contribution in [1.82, 2.24) is 44.9 Å².